The lowest BCUT2D eigenvalue weighted by atomic mass is 10.3. The molecule has 0 amide bonds. The highest BCUT2D eigenvalue weighted by Crippen LogP contribution is 2.28. The molecule has 1 aromatic carbocycles. The number of hydrogen-bond donors (Lipinski definition) is 0. The van der Waals surface area contributed by atoms with Crippen molar-refractivity contribution in [3.63, 3.8) is 0 Å². The number of imidazole rings is 1. The molecule has 2 rings (SSSR count). The summed E-state index contributed by atoms with van der Waals surface area (Å²) in [4.78, 5) is 4.50. The van der Waals surface area contributed by atoms with Gasteiger partial charge in [0, 0.05) is 13.0 Å². The van der Waals surface area contributed by atoms with E-state index in [9.17, 15) is 0 Å². The van der Waals surface area contributed by atoms with Crippen LogP contribution in [0.5, 0.6) is 0 Å². The Morgan fingerprint density at radius 1 is 1.35 bits per heavy atom. The molecule has 0 aliphatic rings. The van der Waals surface area contributed by atoms with Crippen LogP contribution >= 0.6 is 23.2 Å². The predicted octanol–water partition coefficient (Wildman–Crippen LogP) is 3.82. The zero-order valence-electron chi connectivity index (χ0n) is 9.37. The number of aryl methyl sites for hydroxylation is 2. The van der Waals surface area contributed by atoms with Gasteiger partial charge in [-0.2, -0.15) is 5.26 Å². The zero-order chi connectivity index (χ0) is 12.4. The van der Waals surface area contributed by atoms with E-state index in [0.29, 0.717) is 23.0 Å². The minimum Gasteiger partial charge on any atom is -0.327 e. The Morgan fingerprint density at radius 2 is 2.06 bits per heavy atom. The van der Waals surface area contributed by atoms with E-state index in [2.05, 4.69) is 11.1 Å². The van der Waals surface area contributed by atoms with Crippen LogP contribution in [-0.2, 0) is 13.0 Å². The molecule has 0 atom stereocenters. The van der Waals surface area contributed by atoms with Crippen molar-refractivity contribution >= 4 is 34.2 Å². The molecule has 0 bridgehead atoms. The van der Waals surface area contributed by atoms with Gasteiger partial charge in [-0.1, -0.05) is 30.1 Å². The quantitative estimate of drug-likeness (QED) is 0.849. The van der Waals surface area contributed by atoms with Crippen LogP contribution in [0.15, 0.2) is 12.1 Å². The van der Waals surface area contributed by atoms with Crippen molar-refractivity contribution in [2.45, 2.75) is 26.3 Å². The molecule has 2 aromatic rings. The van der Waals surface area contributed by atoms with Crippen LogP contribution in [0.1, 0.15) is 19.2 Å². The third-order valence-corrected chi connectivity index (χ3v) is 3.35. The maximum absolute atomic E-state index is 8.67. The Hall–Kier alpha value is -1.24. The molecule has 17 heavy (non-hydrogen) atoms. The van der Waals surface area contributed by atoms with Crippen molar-refractivity contribution in [2.24, 2.45) is 0 Å². The fourth-order valence-corrected chi connectivity index (χ4v) is 2.17. The molecule has 0 unspecified atom stereocenters. The molecular formula is C12H11Cl2N3. The summed E-state index contributed by atoms with van der Waals surface area (Å²) in [7, 11) is 0. The smallest absolute Gasteiger partial charge is 0.109 e. The van der Waals surface area contributed by atoms with Gasteiger partial charge in [0.15, 0.2) is 0 Å². The lowest BCUT2D eigenvalue weighted by Gasteiger charge is -2.05. The topological polar surface area (TPSA) is 41.6 Å². The highest BCUT2D eigenvalue weighted by molar-refractivity contribution is 6.42. The Bertz CT molecular complexity index is 596. The number of hydrogen-bond acceptors (Lipinski definition) is 2. The highest BCUT2D eigenvalue weighted by Gasteiger charge is 2.11. The Morgan fingerprint density at radius 3 is 2.71 bits per heavy atom. The first-order chi connectivity index (χ1) is 8.17. The van der Waals surface area contributed by atoms with Gasteiger partial charge in [0.2, 0.25) is 0 Å². The van der Waals surface area contributed by atoms with Crippen LogP contribution in [0.2, 0.25) is 10.0 Å². The van der Waals surface area contributed by atoms with E-state index in [-0.39, 0.29) is 0 Å². The molecule has 3 nitrogen and oxygen atoms in total. The Balaban J connectivity index is 2.62. The van der Waals surface area contributed by atoms with Crippen LogP contribution in [0.4, 0.5) is 0 Å². The normalized spacial score (nSPS) is 10.7. The molecule has 0 radical (unpaired) electrons. The minimum absolute atomic E-state index is 0.457. The molecule has 0 spiro atoms. The summed E-state index contributed by atoms with van der Waals surface area (Å²) in [5, 5.41) is 9.69. The monoisotopic (exact) mass is 267 g/mol. The van der Waals surface area contributed by atoms with E-state index in [4.69, 9.17) is 28.5 Å². The number of benzene rings is 1. The summed E-state index contributed by atoms with van der Waals surface area (Å²) in [5.74, 6) is 0.952. The second kappa shape index (κ2) is 4.95. The van der Waals surface area contributed by atoms with Crippen LogP contribution in [0, 0.1) is 11.3 Å². The maximum atomic E-state index is 8.67. The molecule has 5 heteroatoms. The first kappa shape index (κ1) is 12.2. The van der Waals surface area contributed by atoms with Crippen molar-refractivity contribution in [3.8, 4) is 6.07 Å². The van der Waals surface area contributed by atoms with Crippen LogP contribution in [-0.4, -0.2) is 9.55 Å². The molecule has 0 aliphatic heterocycles. The third-order valence-electron chi connectivity index (χ3n) is 2.63. The number of aromatic nitrogens is 2. The predicted molar refractivity (Wildman–Crippen MR) is 69.4 cm³/mol. The van der Waals surface area contributed by atoms with Gasteiger partial charge >= 0.3 is 0 Å². The maximum Gasteiger partial charge on any atom is 0.109 e. The summed E-state index contributed by atoms with van der Waals surface area (Å²) >= 11 is 12.0. The molecule has 88 valence electrons. The number of nitriles is 1. The molecule has 1 heterocycles. The number of fused-ring (bicyclic) bond motifs is 1. The van der Waals surface area contributed by atoms with Gasteiger partial charge in [0.05, 0.1) is 33.6 Å². The molecular weight excluding hydrogens is 257 g/mol. The van der Waals surface area contributed by atoms with E-state index >= 15 is 0 Å². The van der Waals surface area contributed by atoms with Gasteiger partial charge in [-0.25, -0.2) is 4.98 Å². The number of rotatable bonds is 3. The van der Waals surface area contributed by atoms with Crippen LogP contribution in [0.25, 0.3) is 11.0 Å². The van der Waals surface area contributed by atoms with Crippen molar-refractivity contribution in [1.82, 2.24) is 9.55 Å². The van der Waals surface area contributed by atoms with Gasteiger partial charge in [0.1, 0.15) is 5.82 Å². The minimum atomic E-state index is 0.457. The van der Waals surface area contributed by atoms with E-state index in [1.807, 2.05) is 17.6 Å². The molecule has 1 aromatic heterocycles. The first-order valence-electron chi connectivity index (χ1n) is 5.38. The van der Waals surface area contributed by atoms with Crippen molar-refractivity contribution in [2.75, 3.05) is 0 Å². The van der Waals surface area contributed by atoms with Crippen LogP contribution in [0.3, 0.4) is 0 Å². The van der Waals surface area contributed by atoms with E-state index < -0.39 is 0 Å². The molecule has 0 aliphatic carbocycles. The van der Waals surface area contributed by atoms with Gasteiger partial charge < -0.3 is 4.57 Å². The number of nitrogens with zero attached hydrogens (tertiary/aromatic N) is 3. The zero-order valence-corrected chi connectivity index (χ0v) is 10.9. The van der Waals surface area contributed by atoms with Gasteiger partial charge in [-0.3, -0.25) is 0 Å². The highest BCUT2D eigenvalue weighted by atomic mass is 35.5. The molecule has 0 saturated heterocycles. The summed E-state index contributed by atoms with van der Waals surface area (Å²) in [6, 6.07) is 5.71. The lowest BCUT2D eigenvalue weighted by Crippen LogP contribution is -2.02. The van der Waals surface area contributed by atoms with Crippen molar-refractivity contribution < 1.29 is 0 Å². The van der Waals surface area contributed by atoms with Crippen molar-refractivity contribution in [1.29, 1.82) is 5.26 Å². The molecule has 0 saturated carbocycles. The van der Waals surface area contributed by atoms with Gasteiger partial charge in [0.25, 0.3) is 0 Å². The number of halogens is 2. The second-order valence-corrected chi connectivity index (χ2v) is 4.51. The van der Waals surface area contributed by atoms with Crippen molar-refractivity contribution in [3.05, 3.63) is 28.0 Å². The largest absolute Gasteiger partial charge is 0.327 e. The average molecular weight is 268 g/mol. The summed E-state index contributed by atoms with van der Waals surface area (Å²) in [5.41, 5.74) is 1.76. The summed E-state index contributed by atoms with van der Waals surface area (Å²) in [6.45, 7) is 2.67. The Kier molecular flexibility index (Phi) is 3.56. The van der Waals surface area contributed by atoms with Crippen LogP contribution < -0.4 is 0 Å². The lowest BCUT2D eigenvalue weighted by molar-refractivity contribution is 0.689. The Labute approximate surface area is 110 Å². The third kappa shape index (κ3) is 2.24. The average Bonchev–Trinajstić information content (AvgIpc) is 2.64. The second-order valence-electron chi connectivity index (χ2n) is 3.70. The van der Waals surface area contributed by atoms with E-state index in [1.54, 1.807) is 6.07 Å². The van der Waals surface area contributed by atoms with E-state index in [0.717, 1.165) is 23.3 Å². The van der Waals surface area contributed by atoms with Gasteiger partial charge in [-0.05, 0) is 12.1 Å². The fraction of sp³-hybridized carbons (Fsp3) is 0.333. The van der Waals surface area contributed by atoms with E-state index in [1.165, 1.54) is 0 Å². The molecule has 0 fully saturated rings. The summed E-state index contributed by atoms with van der Waals surface area (Å²) < 4.78 is 2.03. The standard InChI is InChI=1S/C12H11Cl2N3/c1-2-12-16-10-6-8(13)9(14)7-11(10)17(12)5-3-4-15/h6-7H,2-3,5H2,1H3. The fourth-order valence-electron chi connectivity index (χ4n) is 1.85. The van der Waals surface area contributed by atoms with Gasteiger partial charge in [-0.15, -0.1) is 0 Å². The first-order valence-corrected chi connectivity index (χ1v) is 6.14. The molecule has 0 N–H and O–H groups in total. The summed E-state index contributed by atoms with van der Waals surface area (Å²) in [6.07, 6.45) is 1.27. The SMILES string of the molecule is CCc1nc2cc(Cl)c(Cl)cc2n1CCC#N.